The highest BCUT2D eigenvalue weighted by Crippen LogP contribution is 2.23. The molecule has 0 aromatic heterocycles. The van der Waals surface area contributed by atoms with Gasteiger partial charge in [0.1, 0.15) is 0 Å². The van der Waals surface area contributed by atoms with Crippen LogP contribution in [0.25, 0.3) is 6.08 Å². The molecular formula is C11H8N2. The molecule has 0 fully saturated rings. The molecule has 0 aliphatic carbocycles. The fraction of sp³-hybridized carbons (Fsp3) is 0. The molecule has 1 heterocycles. The molecule has 1 aromatic rings. The van der Waals surface area contributed by atoms with Gasteiger partial charge in [0.2, 0.25) is 0 Å². The largest absolute Gasteiger partial charge is 0.254 e. The van der Waals surface area contributed by atoms with E-state index in [-0.39, 0.29) is 0 Å². The molecule has 0 amide bonds. The second-order valence-electron chi connectivity index (χ2n) is 2.73. The highest BCUT2D eigenvalue weighted by Gasteiger charge is 2.06. The predicted molar refractivity (Wildman–Crippen MR) is 52.7 cm³/mol. The summed E-state index contributed by atoms with van der Waals surface area (Å²) in [5.41, 5.74) is 1.99. The van der Waals surface area contributed by atoms with E-state index in [1.165, 1.54) is 0 Å². The number of fused-ring (bicyclic) bond motifs is 1. The average Bonchev–Trinajstić information content (AvgIpc) is 2.39. The number of hydrogen-bond acceptors (Lipinski definition) is 2. The van der Waals surface area contributed by atoms with Crippen molar-refractivity contribution in [2.45, 2.75) is 0 Å². The third kappa shape index (κ3) is 1.32. The first-order valence-electron chi connectivity index (χ1n) is 4.05. The normalized spacial score (nSPS) is 13.3. The Morgan fingerprint density at radius 3 is 2.85 bits per heavy atom. The Morgan fingerprint density at radius 2 is 2.00 bits per heavy atom. The van der Waals surface area contributed by atoms with Gasteiger partial charge >= 0.3 is 0 Å². The number of benzene rings is 1. The molecule has 2 rings (SSSR count). The van der Waals surface area contributed by atoms with Crippen LogP contribution in [0.3, 0.4) is 0 Å². The number of allylic oxidation sites excluding steroid dienone is 2. The van der Waals surface area contributed by atoms with Crippen LogP contribution < -0.4 is 4.90 Å². The average molecular weight is 168 g/mol. The molecule has 2 nitrogen and oxygen atoms in total. The van der Waals surface area contributed by atoms with E-state index in [0.717, 1.165) is 11.3 Å². The van der Waals surface area contributed by atoms with Crippen LogP contribution in [0.2, 0.25) is 0 Å². The Kier molecular flexibility index (Phi) is 1.85. The highest BCUT2D eigenvalue weighted by molar-refractivity contribution is 5.72. The van der Waals surface area contributed by atoms with Gasteiger partial charge in [0.25, 0.3) is 0 Å². The van der Waals surface area contributed by atoms with Gasteiger partial charge in [-0.25, -0.2) is 0 Å². The Balaban J connectivity index is 2.58. The molecule has 2 heteroatoms. The molecule has 0 radical (unpaired) electrons. The first kappa shape index (κ1) is 7.63. The number of rotatable bonds is 0. The van der Waals surface area contributed by atoms with E-state index >= 15 is 0 Å². The smallest absolute Gasteiger partial charge is 0.188 e. The summed E-state index contributed by atoms with van der Waals surface area (Å²) >= 11 is 0. The third-order valence-corrected chi connectivity index (χ3v) is 1.93. The fourth-order valence-electron chi connectivity index (χ4n) is 1.31. The van der Waals surface area contributed by atoms with Gasteiger partial charge in [0.05, 0.1) is 5.69 Å². The molecule has 1 aromatic carbocycles. The van der Waals surface area contributed by atoms with Crippen LogP contribution in [-0.4, -0.2) is 0 Å². The van der Waals surface area contributed by atoms with E-state index in [1.807, 2.05) is 42.5 Å². The van der Waals surface area contributed by atoms with E-state index in [1.54, 1.807) is 11.1 Å². The lowest BCUT2D eigenvalue weighted by molar-refractivity contribution is 1.27. The molecule has 0 unspecified atom stereocenters. The van der Waals surface area contributed by atoms with Gasteiger partial charge in [-0.05, 0) is 17.7 Å². The molecule has 62 valence electrons. The van der Waals surface area contributed by atoms with E-state index in [2.05, 4.69) is 6.19 Å². The van der Waals surface area contributed by atoms with Gasteiger partial charge in [0.15, 0.2) is 6.19 Å². The Hall–Kier alpha value is -2.01. The summed E-state index contributed by atoms with van der Waals surface area (Å²) in [6.45, 7) is 0. The Bertz CT molecular complexity index is 410. The molecule has 0 atom stereocenters. The van der Waals surface area contributed by atoms with E-state index in [4.69, 9.17) is 5.26 Å². The number of anilines is 1. The van der Waals surface area contributed by atoms with Crippen molar-refractivity contribution in [3.8, 4) is 6.19 Å². The maximum atomic E-state index is 8.86. The van der Waals surface area contributed by atoms with Crippen LogP contribution in [0.15, 0.2) is 42.6 Å². The topological polar surface area (TPSA) is 27.0 Å². The highest BCUT2D eigenvalue weighted by atomic mass is 15.1. The predicted octanol–water partition coefficient (Wildman–Crippen LogP) is 2.51. The lowest BCUT2D eigenvalue weighted by atomic mass is 10.1. The Morgan fingerprint density at radius 1 is 1.15 bits per heavy atom. The summed E-state index contributed by atoms with van der Waals surface area (Å²) in [4.78, 5) is 1.55. The molecular weight excluding hydrogens is 160 g/mol. The maximum absolute atomic E-state index is 8.86. The molecule has 0 saturated carbocycles. The van der Waals surface area contributed by atoms with Crippen LogP contribution in [-0.2, 0) is 0 Å². The molecule has 0 bridgehead atoms. The number of nitrogens with zero attached hydrogens (tertiary/aromatic N) is 2. The van der Waals surface area contributed by atoms with Crippen LogP contribution in [0.5, 0.6) is 0 Å². The van der Waals surface area contributed by atoms with Gasteiger partial charge in [-0.2, -0.15) is 5.26 Å². The molecule has 0 N–H and O–H groups in total. The van der Waals surface area contributed by atoms with Crippen LogP contribution in [0.4, 0.5) is 5.69 Å². The summed E-state index contributed by atoms with van der Waals surface area (Å²) in [5, 5.41) is 8.86. The van der Waals surface area contributed by atoms with Crippen molar-refractivity contribution >= 4 is 11.8 Å². The van der Waals surface area contributed by atoms with Crippen molar-refractivity contribution in [1.29, 1.82) is 5.26 Å². The minimum Gasteiger partial charge on any atom is -0.254 e. The van der Waals surface area contributed by atoms with Crippen molar-refractivity contribution < 1.29 is 0 Å². The lowest BCUT2D eigenvalue weighted by Gasteiger charge is -2.11. The van der Waals surface area contributed by atoms with Crippen LogP contribution in [0.1, 0.15) is 5.56 Å². The van der Waals surface area contributed by atoms with Crippen molar-refractivity contribution in [3.63, 3.8) is 0 Å². The maximum Gasteiger partial charge on any atom is 0.188 e. The summed E-state index contributed by atoms with van der Waals surface area (Å²) in [7, 11) is 0. The molecule has 1 aliphatic rings. The van der Waals surface area contributed by atoms with Crippen LogP contribution in [0, 0.1) is 11.5 Å². The zero-order valence-corrected chi connectivity index (χ0v) is 7.01. The quantitative estimate of drug-likeness (QED) is 0.556. The zero-order valence-electron chi connectivity index (χ0n) is 7.01. The van der Waals surface area contributed by atoms with Gasteiger partial charge in [0, 0.05) is 6.20 Å². The van der Waals surface area contributed by atoms with E-state index < -0.39 is 0 Å². The fourth-order valence-corrected chi connectivity index (χ4v) is 1.31. The van der Waals surface area contributed by atoms with Crippen molar-refractivity contribution in [2.24, 2.45) is 0 Å². The monoisotopic (exact) mass is 168 g/mol. The number of para-hydroxylation sites is 1. The third-order valence-electron chi connectivity index (χ3n) is 1.93. The summed E-state index contributed by atoms with van der Waals surface area (Å²) in [6, 6.07) is 7.81. The minimum atomic E-state index is 0.926. The number of nitriles is 1. The van der Waals surface area contributed by atoms with Gasteiger partial charge in [-0.3, -0.25) is 4.90 Å². The summed E-state index contributed by atoms with van der Waals surface area (Å²) in [6.07, 6.45) is 9.63. The molecule has 0 spiro atoms. The Labute approximate surface area is 77.0 Å². The van der Waals surface area contributed by atoms with Gasteiger partial charge in [-0.1, -0.05) is 30.4 Å². The summed E-state index contributed by atoms with van der Waals surface area (Å²) < 4.78 is 0. The van der Waals surface area contributed by atoms with Crippen molar-refractivity contribution in [1.82, 2.24) is 0 Å². The van der Waals surface area contributed by atoms with E-state index in [9.17, 15) is 0 Å². The molecule has 1 aliphatic heterocycles. The zero-order chi connectivity index (χ0) is 9.10. The van der Waals surface area contributed by atoms with Gasteiger partial charge < -0.3 is 0 Å². The minimum absolute atomic E-state index is 0.926. The van der Waals surface area contributed by atoms with Crippen molar-refractivity contribution in [3.05, 3.63) is 48.2 Å². The first-order chi connectivity index (χ1) is 6.42. The first-order valence-corrected chi connectivity index (χ1v) is 4.05. The van der Waals surface area contributed by atoms with E-state index in [0.29, 0.717) is 0 Å². The second-order valence-corrected chi connectivity index (χ2v) is 2.73. The standard InChI is InChI=1S/C11H8N2/c12-9-13-8-4-3-6-10-5-1-2-7-11(10)13/h1-8H. The van der Waals surface area contributed by atoms with Crippen LogP contribution >= 0.6 is 0 Å². The SMILES string of the molecule is N#CN1C=CC=Cc2ccccc21. The summed E-state index contributed by atoms with van der Waals surface area (Å²) in [5.74, 6) is 0. The molecule has 0 saturated heterocycles. The van der Waals surface area contributed by atoms with Gasteiger partial charge in [-0.15, -0.1) is 0 Å². The lowest BCUT2D eigenvalue weighted by Crippen LogP contribution is -2.07. The van der Waals surface area contributed by atoms with Crippen molar-refractivity contribution in [2.75, 3.05) is 4.90 Å². The number of hydrogen-bond donors (Lipinski definition) is 0. The molecule has 13 heavy (non-hydrogen) atoms. The second kappa shape index (κ2) is 3.16.